The Morgan fingerprint density at radius 1 is 1.12 bits per heavy atom. The van der Waals surface area contributed by atoms with E-state index < -0.39 is 17.3 Å². The van der Waals surface area contributed by atoms with Crippen LogP contribution in [0, 0.1) is 11.6 Å². The summed E-state index contributed by atoms with van der Waals surface area (Å²) in [5.41, 5.74) is 4.48. The summed E-state index contributed by atoms with van der Waals surface area (Å²) in [6, 6.07) is 3.19. The third-order valence-electron chi connectivity index (χ3n) is 5.25. The lowest BCUT2D eigenvalue weighted by molar-refractivity contribution is -0.0288. The number of rotatable bonds is 4. The molecule has 0 amide bonds. The van der Waals surface area contributed by atoms with Crippen molar-refractivity contribution >= 4 is 0 Å². The third kappa shape index (κ3) is 4.10. The van der Waals surface area contributed by atoms with E-state index in [4.69, 9.17) is 10.5 Å². The number of hydrogen-bond donors (Lipinski definition) is 2. The van der Waals surface area contributed by atoms with E-state index in [1.807, 2.05) is 0 Å². The van der Waals surface area contributed by atoms with Crippen molar-refractivity contribution in [3.63, 3.8) is 0 Å². The van der Waals surface area contributed by atoms with Crippen LogP contribution in [0.4, 0.5) is 13.2 Å². The van der Waals surface area contributed by atoms with Gasteiger partial charge in [-0.25, -0.2) is 13.2 Å². The van der Waals surface area contributed by atoms with Gasteiger partial charge in [0.2, 0.25) is 0 Å². The molecule has 24 heavy (non-hydrogen) atoms. The predicted octanol–water partition coefficient (Wildman–Crippen LogP) is 3.17. The molecule has 3 nitrogen and oxygen atoms in total. The number of piperidine rings is 1. The predicted molar refractivity (Wildman–Crippen MR) is 86.4 cm³/mol. The largest absolute Gasteiger partial charge is 0.377 e. The Morgan fingerprint density at radius 3 is 2.42 bits per heavy atom. The molecular formula is C18H25F3N2O. The van der Waals surface area contributed by atoms with Gasteiger partial charge in [-0.05, 0) is 62.8 Å². The molecular weight excluding hydrogens is 317 g/mol. The first-order valence-corrected chi connectivity index (χ1v) is 8.72. The second-order valence-electron chi connectivity index (χ2n) is 7.02. The van der Waals surface area contributed by atoms with Crippen molar-refractivity contribution in [2.24, 2.45) is 5.73 Å². The smallest absolute Gasteiger partial charge is 0.136 e. The maximum atomic E-state index is 15.1. The van der Waals surface area contributed by atoms with Crippen molar-refractivity contribution in [1.29, 1.82) is 0 Å². The zero-order chi connectivity index (χ0) is 17.2. The Hall–Kier alpha value is -1.11. The Bertz CT molecular complexity index is 541. The minimum atomic E-state index is -1.68. The van der Waals surface area contributed by atoms with Crippen LogP contribution in [0.2, 0.25) is 0 Å². The molecule has 0 bridgehead atoms. The van der Waals surface area contributed by atoms with Gasteiger partial charge >= 0.3 is 0 Å². The van der Waals surface area contributed by atoms with Crippen molar-refractivity contribution < 1.29 is 17.9 Å². The fraction of sp³-hybridized carbons (Fsp3) is 0.667. The van der Waals surface area contributed by atoms with Gasteiger partial charge in [0.1, 0.15) is 17.3 Å². The molecule has 2 aliphatic rings. The van der Waals surface area contributed by atoms with Crippen LogP contribution in [0.25, 0.3) is 0 Å². The molecule has 134 valence electrons. The highest BCUT2D eigenvalue weighted by Gasteiger charge is 2.38. The SMILES string of the molecule is N[C@H]1CCCN[C@H]1COC1CCC(F)(c2cc(F)cc(F)c2)CC1. The molecule has 0 radical (unpaired) electrons. The van der Waals surface area contributed by atoms with Crippen LogP contribution in [-0.4, -0.2) is 31.3 Å². The molecule has 1 saturated carbocycles. The zero-order valence-corrected chi connectivity index (χ0v) is 13.7. The molecule has 0 aromatic heterocycles. The fourth-order valence-corrected chi connectivity index (χ4v) is 3.72. The summed E-state index contributed by atoms with van der Waals surface area (Å²) in [4.78, 5) is 0. The molecule has 6 heteroatoms. The van der Waals surface area contributed by atoms with Crippen LogP contribution in [0.15, 0.2) is 18.2 Å². The molecule has 0 unspecified atom stereocenters. The average molecular weight is 342 g/mol. The Balaban J connectivity index is 1.53. The number of nitrogens with one attached hydrogen (secondary N) is 1. The van der Waals surface area contributed by atoms with Gasteiger partial charge in [-0.1, -0.05) is 0 Å². The first kappa shape index (κ1) is 17.7. The summed E-state index contributed by atoms with van der Waals surface area (Å²) in [6.07, 6.45) is 3.55. The van der Waals surface area contributed by atoms with E-state index in [-0.39, 0.29) is 36.6 Å². The number of halogens is 3. The first-order valence-electron chi connectivity index (χ1n) is 8.72. The van der Waals surface area contributed by atoms with Gasteiger partial charge in [-0.3, -0.25) is 0 Å². The van der Waals surface area contributed by atoms with E-state index in [1.54, 1.807) is 0 Å². The second kappa shape index (κ2) is 7.42. The second-order valence-corrected chi connectivity index (χ2v) is 7.02. The van der Waals surface area contributed by atoms with Crippen molar-refractivity contribution in [2.75, 3.05) is 13.2 Å². The fourth-order valence-electron chi connectivity index (χ4n) is 3.72. The van der Waals surface area contributed by atoms with Gasteiger partial charge in [0, 0.05) is 18.2 Å². The maximum absolute atomic E-state index is 15.1. The molecule has 3 rings (SSSR count). The van der Waals surface area contributed by atoms with Crippen LogP contribution in [0.3, 0.4) is 0 Å². The van der Waals surface area contributed by atoms with E-state index in [9.17, 15) is 8.78 Å². The summed E-state index contributed by atoms with van der Waals surface area (Å²) in [6.45, 7) is 1.48. The Morgan fingerprint density at radius 2 is 1.79 bits per heavy atom. The van der Waals surface area contributed by atoms with Gasteiger partial charge in [0.15, 0.2) is 0 Å². The molecule has 2 atom stereocenters. The summed E-state index contributed by atoms with van der Waals surface area (Å²) in [5.74, 6) is -1.48. The minimum absolute atomic E-state index is 0.0248. The molecule has 3 N–H and O–H groups in total. The maximum Gasteiger partial charge on any atom is 0.136 e. The number of alkyl halides is 1. The molecule has 1 saturated heterocycles. The van der Waals surface area contributed by atoms with E-state index >= 15 is 4.39 Å². The quantitative estimate of drug-likeness (QED) is 0.884. The highest BCUT2D eigenvalue weighted by molar-refractivity contribution is 5.25. The zero-order valence-electron chi connectivity index (χ0n) is 13.7. The summed E-state index contributed by atoms with van der Waals surface area (Å²) in [7, 11) is 0. The summed E-state index contributed by atoms with van der Waals surface area (Å²) >= 11 is 0. The monoisotopic (exact) mass is 342 g/mol. The number of hydrogen-bond acceptors (Lipinski definition) is 3. The van der Waals surface area contributed by atoms with Gasteiger partial charge in [-0.15, -0.1) is 0 Å². The van der Waals surface area contributed by atoms with E-state index in [2.05, 4.69) is 5.32 Å². The number of ether oxygens (including phenoxy) is 1. The summed E-state index contributed by atoms with van der Waals surface area (Å²) < 4.78 is 47.7. The van der Waals surface area contributed by atoms with Crippen molar-refractivity contribution in [3.05, 3.63) is 35.4 Å². The molecule has 1 heterocycles. The van der Waals surface area contributed by atoms with Gasteiger partial charge in [0.05, 0.1) is 12.7 Å². The number of benzene rings is 1. The van der Waals surface area contributed by atoms with Crippen LogP contribution in [0.1, 0.15) is 44.1 Å². The molecule has 1 aromatic carbocycles. The lowest BCUT2D eigenvalue weighted by atomic mass is 9.80. The van der Waals surface area contributed by atoms with E-state index in [0.717, 1.165) is 37.6 Å². The molecule has 1 aromatic rings. The van der Waals surface area contributed by atoms with Crippen LogP contribution < -0.4 is 11.1 Å². The molecule has 1 aliphatic carbocycles. The number of nitrogens with two attached hydrogens (primary N) is 1. The standard InChI is InChI=1S/C18H25F3N2O/c19-13-8-12(9-14(20)10-13)18(21)5-3-15(4-6-18)24-11-17-16(22)2-1-7-23-17/h8-10,15-17,23H,1-7,11,22H2/t15?,16-,17-,18?/m0/s1. The van der Waals surface area contributed by atoms with Gasteiger partial charge < -0.3 is 15.8 Å². The van der Waals surface area contributed by atoms with Crippen molar-refractivity contribution in [2.45, 2.75) is 62.4 Å². The normalized spacial score (nSPS) is 34.2. The van der Waals surface area contributed by atoms with Gasteiger partial charge in [-0.2, -0.15) is 0 Å². The lowest BCUT2D eigenvalue weighted by Crippen LogP contribution is -2.52. The Labute approximate surface area is 140 Å². The van der Waals surface area contributed by atoms with Gasteiger partial charge in [0.25, 0.3) is 0 Å². The van der Waals surface area contributed by atoms with Crippen LogP contribution in [-0.2, 0) is 10.4 Å². The third-order valence-corrected chi connectivity index (χ3v) is 5.25. The topological polar surface area (TPSA) is 47.3 Å². The lowest BCUT2D eigenvalue weighted by Gasteiger charge is -2.36. The molecule has 1 aliphatic heterocycles. The van der Waals surface area contributed by atoms with Crippen molar-refractivity contribution in [3.8, 4) is 0 Å². The molecule has 0 spiro atoms. The molecule has 2 fully saturated rings. The Kier molecular flexibility index (Phi) is 5.47. The van der Waals surface area contributed by atoms with E-state index in [0.29, 0.717) is 19.4 Å². The average Bonchev–Trinajstić information content (AvgIpc) is 2.55. The highest BCUT2D eigenvalue weighted by Crippen LogP contribution is 2.42. The van der Waals surface area contributed by atoms with Crippen LogP contribution >= 0.6 is 0 Å². The summed E-state index contributed by atoms with van der Waals surface area (Å²) in [5, 5.41) is 3.36. The minimum Gasteiger partial charge on any atom is -0.377 e. The first-order chi connectivity index (χ1) is 11.5. The van der Waals surface area contributed by atoms with Crippen LogP contribution in [0.5, 0.6) is 0 Å². The van der Waals surface area contributed by atoms with Crippen molar-refractivity contribution in [1.82, 2.24) is 5.32 Å². The highest BCUT2D eigenvalue weighted by atomic mass is 19.1. The van der Waals surface area contributed by atoms with E-state index in [1.165, 1.54) is 0 Å².